The summed E-state index contributed by atoms with van der Waals surface area (Å²) in [5.74, 6) is -0.0956. The number of rotatable bonds is 7. The largest absolute Gasteiger partial charge is 0.481 e. The maximum absolute atomic E-state index is 12.5. The van der Waals surface area contributed by atoms with E-state index in [1.54, 1.807) is 0 Å². The lowest BCUT2D eigenvalue weighted by Crippen LogP contribution is -2.46. The van der Waals surface area contributed by atoms with E-state index in [2.05, 4.69) is 29.2 Å². The number of hydrogen-bond donors (Lipinski definition) is 1. The first kappa shape index (κ1) is 20.9. The molecule has 1 N–H and O–H groups in total. The van der Waals surface area contributed by atoms with Crippen molar-refractivity contribution in [2.24, 2.45) is 5.92 Å². The maximum Gasteiger partial charge on any atom is 0.314 e. The van der Waals surface area contributed by atoms with Crippen LogP contribution in [-0.2, 0) is 20.5 Å². The van der Waals surface area contributed by atoms with Crippen molar-refractivity contribution in [3.05, 3.63) is 90.1 Å². The summed E-state index contributed by atoms with van der Waals surface area (Å²) in [4.78, 5) is 17.1. The van der Waals surface area contributed by atoms with Gasteiger partial charge in [0, 0.05) is 11.8 Å². The van der Waals surface area contributed by atoms with Crippen molar-refractivity contribution in [2.75, 3.05) is 6.61 Å². The summed E-state index contributed by atoms with van der Waals surface area (Å²) in [6.07, 6.45) is 6.78. The van der Waals surface area contributed by atoms with Gasteiger partial charge in [-0.2, -0.15) is 0 Å². The summed E-state index contributed by atoms with van der Waals surface area (Å²) in [7, 11) is 0. The first-order valence-electron chi connectivity index (χ1n) is 11.6. The SMILES string of the molecule is O=C(O)C1(c2ccccc2)CCC(OCC2CC2)(c2ccnc(-c3ccccc3)c2)CC1. The predicted molar refractivity (Wildman–Crippen MR) is 124 cm³/mol. The molecule has 5 rings (SSSR count). The Morgan fingerprint density at radius 2 is 1.56 bits per heavy atom. The van der Waals surface area contributed by atoms with Crippen molar-refractivity contribution in [3.63, 3.8) is 0 Å². The molecule has 2 aliphatic rings. The Kier molecular flexibility index (Phi) is 5.56. The molecule has 0 spiro atoms. The van der Waals surface area contributed by atoms with Crippen LogP contribution in [0.25, 0.3) is 11.3 Å². The Balaban J connectivity index is 1.48. The van der Waals surface area contributed by atoms with Crippen molar-refractivity contribution in [1.82, 2.24) is 4.98 Å². The molecule has 4 nitrogen and oxygen atoms in total. The van der Waals surface area contributed by atoms with E-state index < -0.39 is 17.0 Å². The Labute approximate surface area is 189 Å². The van der Waals surface area contributed by atoms with Gasteiger partial charge in [0.2, 0.25) is 0 Å². The van der Waals surface area contributed by atoms with Crippen LogP contribution in [-0.4, -0.2) is 22.7 Å². The molecule has 2 aromatic carbocycles. The number of aliphatic carboxylic acids is 1. The molecule has 2 saturated carbocycles. The van der Waals surface area contributed by atoms with Crippen molar-refractivity contribution in [3.8, 4) is 11.3 Å². The van der Waals surface area contributed by atoms with Crippen molar-refractivity contribution >= 4 is 5.97 Å². The molecule has 2 fully saturated rings. The van der Waals surface area contributed by atoms with Gasteiger partial charge in [-0.05, 0) is 67.7 Å². The minimum Gasteiger partial charge on any atom is -0.481 e. The van der Waals surface area contributed by atoms with Gasteiger partial charge in [0.25, 0.3) is 0 Å². The summed E-state index contributed by atoms with van der Waals surface area (Å²) in [5.41, 5.74) is 2.68. The van der Waals surface area contributed by atoms with E-state index in [0.717, 1.165) is 29.0 Å². The summed E-state index contributed by atoms with van der Waals surface area (Å²) >= 11 is 0. The fourth-order valence-electron chi connectivity index (χ4n) is 5.02. The van der Waals surface area contributed by atoms with Gasteiger partial charge in [-0.3, -0.25) is 9.78 Å². The van der Waals surface area contributed by atoms with Gasteiger partial charge >= 0.3 is 5.97 Å². The third-order valence-corrected chi connectivity index (χ3v) is 7.29. The summed E-state index contributed by atoms with van der Waals surface area (Å²) in [5, 5.41) is 10.3. The van der Waals surface area contributed by atoms with Crippen LogP contribution in [0.2, 0.25) is 0 Å². The van der Waals surface area contributed by atoms with Crippen molar-refractivity contribution in [2.45, 2.75) is 49.5 Å². The highest BCUT2D eigenvalue weighted by molar-refractivity contribution is 5.81. The molecule has 0 amide bonds. The van der Waals surface area contributed by atoms with Crippen LogP contribution >= 0.6 is 0 Å². The normalized spacial score (nSPS) is 25.4. The van der Waals surface area contributed by atoms with E-state index in [-0.39, 0.29) is 0 Å². The summed E-state index contributed by atoms with van der Waals surface area (Å²) in [6.45, 7) is 0.744. The van der Waals surface area contributed by atoms with E-state index >= 15 is 0 Å². The average Bonchev–Trinajstić information content (AvgIpc) is 3.69. The molecule has 0 bridgehead atoms. The van der Waals surface area contributed by atoms with Crippen molar-refractivity contribution in [1.29, 1.82) is 0 Å². The van der Waals surface area contributed by atoms with E-state index in [4.69, 9.17) is 4.74 Å². The minimum absolute atomic E-state index is 0.469. The number of hydrogen-bond acceptors (Lipinski definition) is 3. The second-order valence-corrected chi connectivity index (χ2v) is 9.30. The van der Waals surface area contributed by atoms with Gasteiger partial charge in [0.15, 0.2) is 0 Å². The van der Waals surface area contributed by atoms with E-state index in [9.17, 15) is 9.90 Å². The second-order valence-electron chi connectivity index (χ2n) is 9.30. The molecular weight excluding hydrogens is 398 g/mol. The summed E-state index contributed by atoms with van der Waals surface area (Å²) < 4.78 is 6.66. The molecule has 3 aromatic rings. The van der Waals surface area contributed by atoms with E-state index in [0.29, 0.717) is 31.6 Å². The molecule has 0 unspecified atom stereocenters. The Bertz CT molecular complexity index is 1070. The van der Waals surface area contributed by atoms with Crippen LogP contribution in [0.15, 0.2) is 79.0 Å². The van der Waals surface area contributed by atoms with Gasteiger partial charge < -0.3 is 9.84 Å². The Morgan fingerprint density at radius 3 is 2.19 bits per heavy atom. The fourth-order valence-corrected chi connectivity index (χ4v) is 5.02. The minimum atomic E-state index is -0.858. The number of aromatic nitrogens is 1. The Hall–Kier alpha value is -2.98. The zero-order chi connectivity index (χ0) is 22.0. The predicted octanol–water partition coefficient (Wildman–Crippen LogP) is 5.97. The lowest BCUT2D eigenvalue weighted by molar-refractivity contribution is -0.151. The number of carboxylic acid groups (broad SMARTS) is 1. The number of ether oxygens (including phenoxy) is 1. The number of benzene rings is 2. The molecule has 4 heteroatoms. The molecule has 32 heavy (non-hydrogen) atoms. The highest BCUT2D eigenvalue weighted by Crippen LogP contribution is 2.50. The van der Waals surface area contributed by atoms with Gasteiger partial charge in [0.05, 0.1) is 23.3 Å². The topological polar surface area (TPSA) is 59.4 Å². The molecule has 2 aliphatic carbocycles. The zero-order valence-electron chi connectivity index (χ0n) is 18.2. The molecule has 0 aliphatic heterocycles. The van der Waals surface area contributed by atoms with Crippen LogP contribution in [0.3, 0.4) is 0 Å². The highest BCUT2D eigenvalue weighted by atomic mass is 16.5. The molecule has 164 valence electrons. The number of carboxylic acids is 1. The van der Waals surface area contributed by atoms with Crippen LogP contribution < -0.4 is 0 Å². The molecular formula is C28H29NO3. The Morgan fingerprint density at radius 1 is 0.906 bits per heavy atom. The second kappa shape index (κ2) is 8.51. The maximum atomic E-state index is 12.5. The van der Waals surface area contributed by atoms with Crippen molar-refractivity contribution < 1.29 is 14.6 Å². The molecule has 1 aromatic heterocycles. The van der Waals surface area contributed by atoms with Crippen LogP contribution in [0.4, 0.5) is 0 Å². The van der Waals surface area contributed by atoms with Gasteiger partial charge in [-0.15, -0.1) is 0 Å². The molecule has 1 heterocycles. The lowest BCUT2D eigenvalue weighted by Gasteiger charge is -2.45. The summed E-state index contributed by atoms with van der Waals surface area (Å²) in [6, 6.07) is 24.1. The third-order valence-electron chi connectivity index (χ3n) is 7.29. The first-order valence-corrected chi connectivity index (χ1v) is 11.6. The van der Waals surface area contributed by atoms with Gasteiger partial charge in [-0.25, -0.2) is 0 Å². The third kappa shape index (κ3) is 3.95. The van der Waals surface area contributed by atoms with Crippen LogP contribution in [0.5, 0.6) is 0 Å². The molecule has 0 radical (unpaired) electrons. The zero-order valence-corrected chi connectivity index (χ0v) is 18.2. The number of pyridine rings is 1. The fraction of sp³-hybridized carbons (Fsp3) is 0.357. The molecule has 0 atom stereocenters. The monoisotopic (exact) mass is 427 g/mol. The smallest absolute Gasteiger partial charge is 0.314 e. The van der Waals surface area contributed by atoms with E-state index in [1.807, 2.05) is 54.7 Å². The first-order chi connectivity index (χ1) is 15.6. The lowest BCUT2D eigenvalue weighted by atomic mass is 9.63. The van der Waals surface area contributed by atoms with Gasteiger partial charge in [0.1, 0.15) is 0 Å². The van der Waals surface area contributed by atoms with Crippen LogP contribution in [0, 0.1) is 5.92 Å². The van der Waals surface area contributed by atoms with Gasteiger partial charge in [-0.1, -0.05) is 60.7 Å². The molecule has 0 saturated heterocycles. The average molecular weight is 428 g/mol. The quantitative estimate of drug-likeness (QED) is 0.505. The van der Waals surface area contributed by atoms with E-state index in [1.165, 1.54) is 12.8 Å². The standard InChI is InChI=1S/C28H29NO3/c30-26(31)27(23-9-5-2-6-10-23)14-16-28(17-15-27,32-20-21-11-12-21)24-13-18-29-25(19-24)22-7-3-1-4-8-22/h1-10,13,18-19,21H,11-12,14-17,20H2,(H,30,31). The number of carbonyl (C=O) groups is 1. The number of nitrogens with zero attached hydrogens (tertiary/aromatic N) is 1. The highest BCUT2D eigenvalue weighted by Gasteiger charge is 2.50. The van der Waals surface area contributed by atoms with Crippen LogP contribution in [0.1, 0.15) is 49.7 Å².